The van der Waals surface area contributed by atoms with Gasteiger partial charge in [0.05, 0.1) is 11.4 Å². The second kappa shape index (κ2) is 8.00. The largest absolute Gasteiger partial charge is 0.481 e. The summed E-state index contributed by atoms with van der Waals surface area (Å²) in [6.07, 6.45) is 3.21. The zero-order valence-corrected chi connectivity index (χ0v) is 11.8. The fourth-order valence-electron chi connectivity index (χ4n) is 1.84. The molecule has 3 nitrogen and oxygen atoms in total. The molecule has 19 heavy (non-hydrogen) atoms. The van der Waals surface area contributed by atoms with E-state index in [0.29, 0.717) is 6.54 Å². The van der Waals surface area contributed by atoms with Crippen molar-refractivity contribution >= 4 is 23.3 Å². The molecule has 0 heterocycles. The van der Waals surface area contributed by atoms with Crippen LogP contribution in [0.5, 0.6) is 0 Å². The van der Waals surface area contributed by atoms with Gasteiger partial charge in [0.1, 0.15) is 5.82 Å². The average Bonchev–Trinajstić information content (AvgIpc) is 2.37. The van der Waals surface area contributed by atoms with Gasteiger partial charge in [-0.2, -0.15) is 0 Å². The number of rotatable bonds is 8. The molecule has 0 atom stereocenters. The van der Waals surface area contributed by atoms with Crippen molar-refractivity contribution in [1.29, 1.82) is 0 Å². The van der Waals surface area contributed by atoms with Crippen LogP contribution in [0.1, 0.15) is 32.6 Å². The number of benzene rings is 1. The fraction of sp³-hybridized carbons (Fsp3) is 0.500. The SMILES string of the molecule is CCCCCN(CCC(=O)O)c1ccc(F)c(Cl)c1. The minimum absolute atomic E-state index is 0.0567. The van der Waals surface area contributed by atoms with Gasteiger partial charge in [-0.25, -0.2) is 4.39 Å². The molecule has 0 saturated carbocycles. The molecule has 0 aliphatic carbocycles. The number of carbonyl (C=O) groups is 1. The van der Waals surface area contributed by atoms with Gasteiger partial charge in [-0.05, 0) is 24.6 Å². The van der Waals surface area contributed by atoms with Crippen molar-refractivity contribution in [2.75, 3.05) is 18.0 Å². The van der Waals surface area contributed by atoms with Crippen LogP contribution in [-0.4, -0.2) is 24.2 Å². The zero-order valence-electron chi connectivity index (χ0n) is 11.0. The van der Waals surface area contributed by atoms with Gasteiger partial charge >= 0.3 is 5.97 Å². The van der Waals surface area contributed by atoms with Gasteiger partial charge in [-0.15, -0.1) is 0 Å². The fourth-order valence-corrected chi connectivity index (χ4v) is 2.01. The van der Waals surface area contributed by atoms with Crippen molar-refractivity contribution < 1.29 is 14.3 Å². The molecule has 1 aromatic rings. The van der Waals surface area contributed by atoms with Crippen LogP contribution in [0, 0.1) is 5.82 Å². The summed E-state index contributed by atoms with van der Waals surface area (Å²) in [7, 11) is 0. The molecule has 0 spiro atoms. The maximum atomic E-state index is 13.1. The summed E-state index contributed by atoms with van der Waals surface area (Å²) in [5, 5.41) is 8.83. The van der Waals surface area contributed by atoms with Gasteiger partial charge in [0.2, 0.25) is 0 Å². The molecule has 0 saturated heterocycles. The highest BCUT2D eigenvalue weighted by atomic mass is 35.5. The molecule has 106 valence electrons. The maximum Gasteiger partial charge on any atom is 0.305 e. The quantitative estimate of drug-likeness (QED) is 0.736. The standard InChI is InChI=1S/C14H19ClFNO2/c1-2-3-4-8-17(9-7-14(18)19)11-5-6-13(16)12(15)10-11/h5-6,10H,2-4,7-9H2,1H3,(H,18,19). The first-order chi connectivity index (χ1) is 9.04. The molecule has 5 heteroatoms. The van der Waals surface area contributed by atoms with Crippen LogP contribution in [0.4, 0.5) is 10.1 Å². The van der Waals surface area contributed by atoms with Crippen molar-refractivity contribution in [1.82, 2.24) is 0 Å². The predicted molar refractivity (Wildman–Crippen MR) is 75.4 cm³/mol. The van der Waals surface area contributed by atoms with E-state index in [9.17, 15) is 9.18 Å². The molecule has 1 aromatic carbocycles. The van der Waals surface area contributed by atoms with Gasteiger partial charge in [-0.1, -0.05) is 31.4 Å². The Morgan fingerprint density at radius 2 is 2.11 bits per heavy atom. The third-order valence-electron chi connectivity index (χ3n) is 2.90. The van der Waals surface area contributed by atoms with Crippen molar-refractivity contribution in [3.8, 4) is 0 Å². The first-order valence-electron chi connectivity index (χ1n) is 6.46. The summed E-state index contributed by atoms with van der Waals surface area (Å²) in [5.74, 6) is -1.30. The Morgan fingerprint density at radius 1 is 1.37 bits per heavy atom. The molecule has 1 rings (SSSR count). The highest BCUT2D eigenvalue weighted by Gasteiger charge is 2.10. The van der Waals surface area contributed by atoms with Crippen LogP contribution >= 0.6 is 11.6 Å². The lowest BCUT2D eigenvalue weighted by Gasteiger charge is -2.24. The molecule has 0 aliphatic heterocycles. The Kier molecular flexibility index (Phi) is 6.64. The lowest BCUT2D eigenvalue weighted by atomic mass is 10.2. The molecule has 1 N–H and O–H groups in total. The molecule has 0 fully saturated rings. The van der Waals surface area contributed by atoms with E-state index >= 15 is 0 Å². The minimum Gasteiger partial charge on any atom is -0.481 e. The third kappa shape index (κ3) is 5.47. The van der Waals surface area contributed by atoms with Crippen molar-refractivity contribution in [3.63, 3.8) is 0 Å². The lowest BCUT2D eigenvalue weighted by molar-refractivity contribution is -0.136. The highest BCUT2D eigenvalue weighted by molar-refractivity contribution is 6.31. The van der Waals surface area contributed by atoms with Crippen LogP contribution in [0.25, 0.3) is 0 Å². The van der Waals surface area contributed by atoms with E-state index in [2.05, 4.69) is 6.92 Å². The number of unbranched alkanes of at least 4 members (excludes halogenated alkanes) is 2. The van der Waals surface area contributed by atoms with E-state index in [1.807, 2.05) is 4.90 Å². The Balaban J connectivity index is 2.74. The Morgan fingerprint density at radius 3 is 2.68 bits per heavy atom. The number of hydrogen-bond donors (Lipinski definition) is 1. The maximum absolute atomic E-state index is 13.1. The molecular formula is C14H19ClFNO2. The van der Waals surface area contributed by atoms with E-state index in [0.717, 1.165) is 31.5 Å². The second-order valence-electron chi connectivity index (χ2n) is 4.44. The molecule has 0 radical (unpaired) electrons. The van der Waals surface area contributed by atoms with Crippen LogP contribution in [-0.2, 0) is 4.79 Å². The van der Waals surface area contributed by atoms with Crippen LogP contribution in [0.2, 0.25) is 5.02 Å². The zero-order chi connectivity index (χ0) is 14.3. The van der Waals surface area contributed by atoms with Gasteiger partial charge in [-0.3, -0.25) is 4.79 Å². The molecule has 0 unspecified atom stereocenters. The number of carboxylic acid groups (broad SMARTS) is 1. The smallest absolute Gasteiger partial charge is 0.305 e. The monoisotopic (exact) mass is 287 g/mol. The van der Waals surface area contributed by atoms with E-state index < -0.39 is 11.8 Å². The lowest BCUT2D eigenvalue weighted by Crippen LogP contribution is -2.27. The molecule has 0 bridgehead atoms. The first-order valence-corrected chi connectivity index (χ1v) is 6.84. The highest BCUT2D eigenvalue weighted by Crippen LogP contribution is 2.23. The Hall–Kier alpha value is -1.29. The first kappa shape index (κ1) is 15.8. The number of nitrogens with zero attached hydrogens (tertiary/aromatic N) is 1. The summed E-state index contributed by atoms with van der Waals surface area (Å²) in [6, 6.07) is 4.49. The topological polar surface area (TPSA) is 40.5 Å². The minimum atomic E-state index is -0.839. The van der Waals surface area contributed by atoms with Gasteiger partial charge in [0.25, 0.3) is 0 Å². The van der Waals surface area contributed by atoms with Crippen molar-refractivity contribution in [2.24, 2.45) is 0 Å². The molecular weight excluding hydrogens is 269 g/mol. The van der Waals surface area contributed by atoms with Crippen LogP contribution in [0.3, 0.4) is 0 Å². The Labute approximate surface area is 118 Å². The van der Waals surface area contributed by atoms with E-state index in [1.165, 1.54) is 6.07 Å². The number of aliphatic carboxylic acids is 1. The number of hydrogen-bond acceptors (Lipinski definition) is 2. The predicted octanol–water partition coefficient (Wildman–Crippen LogP) is 3.95. The van der Waals surface area contributed by atoms with Crippen molar-refractivity contribution in [3.05, 3.63) is 29.0 Å². The van der Waals surface area contributed by atoms with E-state index in [4.69, 9.17) is 16.7 Å². The molecule has 0 aliphatic rings. The van der Waals surface area contributed by atoms with Gasteiger partial charge in [0.15, 0.2) is 0 Å². The summed E-state index contributed by atoms with van der Waals surface area (Å²) >= 11 is 5.76. The normalized spacial score (nSPS) is 10.5. The van der Waals surface area contributed by atoms with Gasteiger partial charge < -0.3 is 10.0 Å². The third-order valence-corrected chi connectivity index (χ3v) is 3.19. The summed E-state index contributed by atoms with van der Waals surface area (Å²) < 4.78 is 13.1. The molecule has 0 aromatic heterocycles. The average molecular weight is 288 g/mol. The van der Waals surface area contributed by atoms with Gasteiger partial charge in [0, 0.05) is 18.8 Å². The van der Waals surface area contributed by atoms with Crippen LogP contribution < -0.4 is 4.90 Å². The summed E-state index contributed by atoms with van der Waals surface area (Å²) in [5.41, 5.74) is 0.767. The summed E-state index contributed by atoms with van der Waals surface area (Å²) in [4.78, 5) is 12.6. The number of halogens is 2. The summed E-state index contributed by atoms with van der Waals surface area (Å²) in [6.45, 7) is 3.26. The van der Waals surface area contributed by atoms with Crippen LogP contribution in [0.15, 0.2) is 18.2 Å². The number of anilines is 1. The number of carboxylic acids is 1. The Bertz CT molecular complexity index is 426. The second-order valence-corrected chi connectivity index (χ2v) is 4.84. The van der Waals surface area contributed by atoms with Crippen molar-refractivity contribution in [2.45, 2.75) is 32.6 Å². The van der Waals surface area contributed by atoms with E-state index in [1.54, 1.807) is 12.1 Å². The van der Waals surface area contributed by atoms with E-state index in [-0.39, 0.29) is 11.4 Å². The molecule has 0 amide bonds.